The fourth-order valence-corrected chi connectivity index (χ4v) is 4.24. The molecule has 0 radical (unpaired) electrons. The molecule has 3 rings (SSSR count). The topological polar surface area (TPSA) is 64.9 Å². The number of nitrogens with one attached hydrogen (secondary N) is 2. The van der Waals surface area contributed by atoms with E-state index in [-0.39, 0.29) is 5.91 Å². The van der Waals surface area contributed by atoms with Gasteiger partial charge < -0.3 is 10.6 Å². The van der Waals surface area contributed by atoms with Crippen molar-refractivity contribution in [3.8, 4) is 6.07 Å². The highest BCUT2D eigenvalue weighted by Gasteiger charge is 2.22. The molecule has 2 N–H and O–H groups in total. The summed E-state index contributed by atoms with van der Waals surface area (Å²) >= 11 is 8.53. The molecule has 0 fully saturated rings. The molecule has 0 spiro atoms. The van der Waals surface area contributed by atoms with Crippen LogP contribution in [0.25, 0.3) is 0 Å². The molecule has 0 aromatic carbocycles. The molecule has 0 aliphatic carbocycles. The average Bonchev–Trinajstić information content (AvgIpc) is 3.01. The molecule has 0 saturated carbocycles. The monoisotopic (exact) mass is 323 g/mol. The predicted octanol–water partition coefficient (Wildman–Crippen LogP) is 3.23. The zero-order valence-electron chi connectivity index (χ0n) is 10.3. The maximum atomic E-state index is 12.1. The number of carbonyl (C=O) groups is 1. The van der Waals surface area contributed by atoms with Gasteiger partial charge in [0.1, 0.15) is 11.1 Å². The third-order valence-corrected chi connectivity index (χ3v) is 5.44. The highest BCUT2D eigenvalue weighted by molar-refractivity contribution is 7.18. The Morgan fingerprint density at radius 3 is 3.00 bits per heavy atom. The number of hydrogen-bond acceptors (Lipinski definition) is 5. The summed E-state index contributed by atoms with van der Waals surface area (Å²) in [5, 5.41) is 16.0. The minimum absolute atomic E-state index is 0.218. The number of rotatable bonds is 2. The lowest BCUT2D eigenvalue weighted by atomic mass is 10.1. The van der Waals surface area contributed by atoms with Crippen molar-refractivity contribution >= 4 is 45.2 Å². The molecular weight excluding hydrogens is 314 g/mol. The van der Waals surface area contributed by atoms with Crippen LogP contribution >= 0.6 is 34.3 Å². The minimum Gasteiger partial charge on any atom is -0.312 e. The quantitative estimate of drug-likeness (QED) is 0.891. The summed E-state index contributed by atoms with van der Waals surface area (Å²) in [7, 11) is 0. The first-order valence-corrected chi connectivity index (χ1v) is 8.02. The standard InChI is InChI=1S/C13H10ClN3OS2/c14-11-2-1-9(19-11)12(18)17-13-8(5-15)7-3-4-16-6-10(7)20-13/h1-2,16H,3-4,6H2,(H,17,18). The first kappa shape index (κ1) is 13.6. The molecule has 2 aromatic heterocycles. The van der Waals surface area contributed by atoms with Gasteiger partial charge in [-0.2, -0.15) is 5.26 Å². The normalized spacial score (nSPS) is 13.6. The van der Waals surface area contributed by atoms with Gasteiger partial charge in [-0.3, -0.25) is 4.79 Å². The van der Waals surface area contributed by atoms with Crippen LogP contribution in [0.2, 0.25) is 4.34 Å². The van der Waals surface area contributed by atoms with Crippen LogP contribution in [0.5, 0.6) is 0 Å². The number of thiophene rings is 2. The number of anilines is 1. The summed E-state index contributed by atoms with van der Waals surface area (Å²) in [5.41, 5.74) is 1.67. The summed E-state index contributed by atoms with van der Waals surface area (Å²) in [5.74, 6) is -0.218. The number of halogens is 1. The van der Waals surface area contributed by atoms with E-state index in [1.807, 2.05) is 0 Å². The number of hydrogen-bond donors (Lipinski definition) is 2. The Labute approximate surface area is 129 Å². The van der Waals surface area contributed by atoms with Crippen molar-refractivity contribution in [1.82, 2.24) is 5.32 Å². The Morgan fingerprint density at radius 1 is 1.45 bits per heavy atom. The third-order valence-electron chi connectivity index (χ3n) is 3.06. The highest BCUT2D eigenvalue weighted by Crippen LogP contribution is 2.35. The van der Waals surface area contributed by atoms with E-state index < -0.39 is 0 Å². The van der Waals surface area contributed by atoms with Gasteiger partial charge in [0.25, 0.3) is 5.91 Å². The van der Waals surface area contributed by atoms with E-state index in [1.165, 1.54) is 22.7 Å². The predicted molar refractivity (Wildman–Crippen MR) is 81.7 cm³/mol. The van der Waals surface area contributed by atoms with Crippen LogP contribution in [0.1, 0.15) is 25.7 Å². The smallest absolute Gasteiger partial charge is 0.266 e. The van der Waals surface area contributed by atoms with Crippen LogP contribution in [-0.2, 0) is 13.0 Å². The third kappa shape index (κ3) is 2.45. The van der Waals surface area contributed by atoms with Crippen molar-refractivity contribution in [2.75, 3.05) is 11.9 Å². The van der Waals surface area contributed by atoms with Crippen LogP contribution in [0.3, 0.4) is 0 Å². The summed E-state index contributed by atoms with van der Waals surface area (Å²) in [6.45, 7) is 1.63. The molecule has 0 saturated heterocycles. The molecule has 1 aliphatic rings. The SMILES string of the molecule is N#Cc1c(NC(=O)c2ccc(Cl)s2)sc2c1CCNC2. The zero-order valence-corrected chi connectivity index (χ0v) is 12.7. The largest absolute Gasteiger partial charge is 0.312 e. The summed E-state index contributed by atoms with van der Waals surface area (Å²) < 4.78 is 0.574. The van der Waals surface area contributed by atoms with Gasteiger partial charge in [-0.25, -0.2) is 0 Å². The Morgan fingerprint density at radius 2 is 2.30 bits per heavy atom. The van der Waals surface area contributed by atoms with Gasteiger partial charge in [-0.15, -0.1) is 22.7 Å². The van der Waals surface area contributed by atoms with Gasteiger partial charge in [-0.1, -0.05) is 11.6 Å². The highest BCUT2D eigenvalue weighted by atomic mass is 35.5. The fourth-order valence-electron chi connectivity index (χ4n) is 2.14. The van der Waals surface area contributed by atoms with Gasteiger partial charge >= 0.3 is 0 Å². The second kappa shape index (κ2) is 5.54. The molecule has 3 heterocycles. The first-order valence-electron chi connectivity index (χ1n) is 6.01. The van der Waals surface area contributed by atoms with E-state index in [4.69, 9.17) is 11.6 Å². The molecule has 2 aromatic rings. The lowest BCUT2D eigenvalue weighted by Gasteiger charge is -2.11. The van der Waals surface area contributed by atoms with Crippen molar-refractivity contribution in [3.05, 3.63) is 37.4 Å². The van der Waals surface area contributed by atoms with E-state index in [0.717, 1.165) is 30.0 Å². The van der Waals surface area contributed by atoms with Crippen molar-refractivity contribution in [2.45, 2.75) is 13.0 Å². The van der Waals surface area contributed by atoms with Crippen molar-refractivity contribution in [3.63, 3.8) is 0 Å². The van der Waals surface area contributed by atoms with Gasteiger partial charge in [0.2, 0.25) is 0 Å². The number of fused-ring (bicyclic) bond motifs is 1. The zero-order chi connectivity index (χ0) is 14.1. The summed E-state index contributed by atoms with van der Waals surface area (Å²) in [6.07, 6.45) is 0.829. The molecule has 1 amide bonds. The maximum absolute atomic E-state index is 12.1. The number of amides is 1. The minimum atomic E-state index is -0.218. The van der Waals surface area contributed by atoms with E-state index in [1.54, 1.807) is 12.1 Å². The van der Waals surface area contributed by atoms with E-state index >= 15 is 0 Å². The van der Waals surface area contributed by atoms with Gasteiger partial charge in [0.05, 0.1) is 14.8 Å². The van der Waals surface area contributed by atoms with E-state index in [9.17, 15) is 10.1 Å². The average molecular weight is 324 g/mol. The second-order valence-electron chi connectivity index (χ2n) is 4.30. The van der Waals surface area contributed by atoms with Crippen molar-refractivity contribution in [2.24, 2.45) is 0 Å². The number of carbonyl (C=O) groups excluding carboxylic acids is 1. The molecule has 0 unspecified atom stereocenters. The molecule has 7 heteroatoms. The van der Waals surface area contributed by atoms with Crippen molar-refractivity contribution < 1.29 is 4.79 Å². The van der Waals surface area contributed by atoms with Crippen LogP contribution < -0.4 is 10.6 Å². The van der Waals surface area contributed by atoms with Crippen molar-refractivity contribution in [1.29, 1.82) is 5.26 Å². The Hall–Kier alpha value is -1.39. The molecule has 1 aliphatic heterocycles. The number of nitriles is 1. The van der Waals surface area contributed by atoms with Crippen LogP contribution in [0, 0.1) is 11.3 Å². The van der Waals surface area contributed by atoms with Gasteiger partial charge in [0, 0.05) is 11.4 Å². The van der Waals surface area contributed by atoms with Gasteiger partial charge in [-0.05, 0) is 30.7 Å². The van der Waals surface area contributed by atoms with Crippen LogP contribution in [0.4, 0.5) is 5.00 Å². The van der Waals surface area contributed by atoms with Gasteiger partial charge in [0.15, 0.2) is 0 Å². The molecular formula is C13H10ClN3OS2. The fraction of sp³-hybridized carbons (Fsp3) is 0.231. The summed E-state index contributed by atoms with van der Waals surface area (Å²) in [6, 6.07) is 5.59. The molecule has 102 valence electrons. The Bertz CT molecular complexity index is 714. The second-order valence-corrected chi connectivity index (χ2v) is 7.12. The Balaban J connectivity index is 1.89. The maximum Gasteiger partial charge on any atom is 0.266 e. The molecule has 0 atom stereocenters. The lowest BCUT2D eigenvalue weighted by molar-refractivity contribution is 0.103. The molecule has 4 nitrogen and oxygen atoms in total. The lowest BCUT2D eigenvalue weighted by Crippen LogP contribution is -2.22. The first-order chi connectivity index (χ1) is 9.69. The van der Waals surface area contributed by atoms with E-state index in [0.29, 0.717) is 19.8 Å². The molecule has 0 bridgehead atoms. The molecule has 20 heavy (non-hydrogen) atoms. The summed E-state index contributed by atoms with van der Waals surface area (Å²) in [4.78, 5) is 13.8. The Kier molecular flexibility index (Phi) is 3.76. The number of nitrogens with zero attached hydrogens (tertiary/aromatic N) is 1. The van der Waals surface area contributed by atoms with E-state index in [2.05, 4.69) is 16.7 Å². The van der Waals surface area contributed by atoms with Crippen LogP contribution in [0.15, 0.2) is 12.1 Å². The van der Waals surface area contributed by atoms with Crippen LogP contribution in [-0.4, -0.2) is 12.5 Å².